The molecule has 0 fully saturated rings. The van der Waals surface area contributed by atoms with Crippen molar-refractivity contribution in [3.8, 4) is 0 Å². The molecule has 1 heterocycles. The van der Waals surface area contributed by atoms with E-state index in [1.165, 1.54) is 5.56 Å². The van der Waals surface area contributed by atoms with Gasteiger partial charge in [0.25, 0.3) is 5.91 Å². The number of anilines is 1. The topological polar surface area (TPSA) is 59.6 Å². The molecule has 1 amide bonds. The zero-order valence-electron chi connectivity index (χ0n) is 12.6. The Balaban J connectivity index is 1.76. The van der Waals surface area contributed by atoms with E-state index in [0.717, 1.165) is 37.1 Å². The number of methoxy groups -OCH3 is 1. The Hall–Kier alpha value is -1.59. The van der Waals surface area contributed by atoms with Gasteiger partial charge in [0.2, 0.25) is 0 Å². The molecule has 116 valence electrons. The zero-order valence-corrected chi connectivity index (χ0v) is 12.6. The summed E-state index contributed by atoms with van der Waals surface area (Å²) in [7, 11) is 1.65. The van der Waals surface area contributed by atoms with Gasteiger partial charge in [0, 0.05) is 26.8 Å². The fourth-order valence-electron chi connectivity index (χ4n) is 2.41. The Kier molecular flexibility index (Phi) is 6.50. The number of ether oxygens (including phenoxy) is 2. The van der Waals surface area contributed by atoms with E-state index in [1.807, 2.05) is 12.1 Å². The van der Waals surface area contributed by atoms with Gasteiger partial charge in [0.15, 0.2) is 0 Å². The first-order chi connectivity index (χ1) is 10.3. The van der Waals surface area contributed by atoms with Crippen molar-refractivity contribution < 1.29 is 14.3 Å². The normalized spacial score (nSPS) is 13.4. The summed E-state index contributed by atoms with van der Waals surface area (Å²) in [6.45, 7) is 3.39. The number of benzene rings is 1. The highest BCUT2D eigenvalue weighted by Gasteiger charge is 2.16. The van der Waals surface area contributed by atoms with Crippen LogP contribution in [0.1, 0.15) is 28.8 Å². The van der Waals surface area contributed by atoms with Crippen LogP contribution in [0.25, 0.3) is 0 Å². The minimum Gasteiger partial charge on any atom is -0.384 e. The van der Waals surface area contributed by atoms with Crippen molar-refractivity contribution in [2.45, 2.75) is 19.3 Å². The lowest BCUT2D eigenvalue weighted by Crippen LogP contribution is -2.27. The molecule has 2 rings (SSSR count). The molecule has 2 N–H and O–H groups in total. The second kappa shape index (κ2) is 8.64. The molecule has 0 bridgehead atoms. The fourth-order valence-corrected chi connectivity index (χ4v) is 2.41. The fraction of sp³-hybridized carbons (Fsp3) is 0.562. The first-order valence-electron chi connectivity index (χ1n) is 7.53. The van der Waals surface area contributed by atoms with Gasteiger partial charge >= 0.3 is 0 Å². The molecule has 5 nitrogen and oxygen atoms in total. The molecule has 0 radical (unpaired) electrons. The molecule has 0 saturated heterocycles. The average molecular weight is 292 g/mol. The number of nitrogens with one attached hydrogen (secondary N) is 2. The minimum atomic E-state index is -0.0156. The maximum Gasteiger partial charge on any atom is 0.253 e. The number of carbonyl (C=O) groups is 1. The molecule has 0 atom stereocenters. The number of rotatable bonds is 8. The van der Waals surface area contributed by atoms with Crippen LogP contribution in [-0.4, -0.2) is 45.9 Å². The Morgan fingerprint density at radius 3 is 3.10 bits per heavy atom. The van der Waals surface area contributed by atoms with Crippen molar-refractivity contribution >= 4 is 11.6 Å². The Morgan fingerprint density at radius 1 is 1.33 bits per heavy atom. The van der Waals surface area contributed by atoms with Crippen LogP contribution >= 0.6 is 0 Å². The molecular weight excluding hydrogens is 268 g/mol. The summed E-state index contributed by atoms with van der Waals surface area (Å²) in [4.78, 5) is 12.2. The standard InChI is InChI=1S/C16H24N2O3/c1-20-11-12-21-10-4-9-18-16(19)14-7-2-5-13-6-3-8-17-15(13)14/h2,5,7,17H,3-4,6,8-12H2,1H3,(H,18,19). The van der Waals surface area contributed by atoms with Gasteiger partial charge in [-0.3, -0.25) is 4.79 Å². The molecule has 1 aromatic carbocycles. The van der Waals surface area contributed by atoms with E-state index in [1.54, 1.807) is 7.11 Å². The molecular formula is C16H24N2O3. The van der Waals surface area contributed by atoms with Gasteiger partial charge in [0.05, 0.1) is 24.5 Å². The molecule has 0 unspecified atom stereocenters. The number of aryl methyl sites for hydroxylation is 1. The highest BCUT2D eigenvalue weighted by atomic mass is 16.5. The first kappa shape index (κ1) is 15.8. The van der Waals surface area contributed by atoms with Gasteiger partial charge in [-0.1, -0.05) is 12.1 Å². The Bertz CT molecular complexity index is 463. The van der Waals surface area contributed by atoms with E-state index in [9.17, 15) is 4.79 Å². The highest BCUT2D eigenvalue weighted by molar-refractivity contribution is 6.00. The summed E-state index contributed by atoms with van der Waals surface area (Å²) >= 11 is 0. The van der Waals surface area contributed by atoms with Crippen molar-refractivity contribution in [1.82, 2.24) is 5.32 Å². The molecule has 1 aliphatic heterocycles. The number of hydrogen-bond donors (Lipinski definition) is 2. The van der Waals surface area contributed by atoms with Crippen LogP contribution < -0.4 is 10.6 Å². The lowest BCUT2D eigenvalue weighted by atomic mass is 9.99. The van der Waals surface area contributed by atoms with Crippen molar-refractivity contribution in [3.63, 3.8) is 0 Å². The van der Waals surface area contributed by atoms with E-state index < -0.39 is 0 Å². The largest absolute Gasteiger partial charge is 0.384 e. The lowest BCUT2D eigenvalue weighted by Gasteiger charge is -2.20. The second-order valence-electron chi connectivity index (χ2n) is 5.08. The Morgan fingerprint density at radius 2 is 2.24 bits per heavy atom. The quantitative estimate of drug-likeness (QED) is 0.718. The smallest absolute Gasteiger partial charge is 0.253 e. The summed E-state index contributed by atoms with van der Waals surface area (Å²) in [5, 5.41) is 6.29. The minimum absolute atomic E-state index is 0.0156. The molecule has 5 heteroatoms. The van der Waals surface area contributed by atoms with E-state index in [2.05, 4.69) is 16.7 Å². The Labute approximate surface area is 126 Å². The molecule has 21 heavy (non-hydrogen) atoms. The second-order valence-corrected chi connectivity index (χ2v) is 5.08. The SMILES string of the molecule is COCCOCCCNC(=O)c1cccc2c1NCCC2. The average Bonchev–Trinajstić information content (AvgIpc) is 2.53. The third-order valence-electron chi connectivity index (χ3n) is 3.50. The van der Waals surface area contributed by atoms with Crippen molar-refractivity contribution in [2.75, 3.05) is 45.3 Å². The van der Waals surface area contributed by atoms with Crippen molar-refractivity contribution in [3.05, 3.63) is 29.3 Å². The van der Waals surface area contributed by atoms with E-state index in [-0.39, 0.29) is 5.91 Å². The van der Waals surface area contributed by atoms with Crippen LogP contribution in [0.15, 0.2) is 18.2 Å². The van der Waals surface area contributed by atoms with E-state index in [4.69, 9.17) is 9.47 Å². The van der Waals surface area contributed by atoms with Gasteiger partial charge < -0.3 is 20.1 Å². The monoisotopic (exact) mass is 292 g/mol. The number of para-hydroxylation sites is 1. The maximum absolute atomic E-state index is 12.2. The molecule has 0 aromatic heterocycles. The molecule has 0 spiro atoms. The van der Waals surface area contributed by atoms with Crippen LogP contribution in [0.2, 0.25) is 0 Å². The molecule has 0 saturated carbocycles. The van der Waals surface area contributed by atoms with Crippen molar-refractivity contribution in [1.29, 1.82) is 0 Å². The first-order valence-corrected chi connectivity index (χ1v) is 7.53. The van der Waals surface area contributed by atoms with Crippen molar-refractivity contribution in [2.24, 2.45) is 0 Å². The van der Waals surface area contributed by atoms with Crippen LogP contribution in [0.5, 0.6) is 0 Å². The molecule has 1 aliphatic rings. The lowest BCUT2D eigenvalue weighted by molar-refractivity contribution is 0.0688. The van der Waals surface area contributed by atoms with E-state index >= 15 is 0 Å². The summed E-state index contributed by atoms with van der Waals surface area (Å²) in [6, 6.07) is 5.91. The third-order valence-corrected chi connectivity index (χ3v) is 3.50. The summed E-state index contributed by atoms with van der Waals surface area (Å²) in [6.07, 6.45) is 2.96. The van der Waals surface area contributed by atoms with Crippen LogP contribution in [-0.2, 0) is 15.9 Å². The summed E-state index contributed by atoms with van der Waals surface area (Å²) < 4.78 is 10.3. The number of hydrogen-bond acceptors (Lipinski definition) is 4. The predicted molar refractivity (Wildman–Crippen MR) is 82.9 cm³/mol. The molecule has 0 aliphatic carbocycles. The zero-order chi connectivity index (χ0) is 14.9. The highest BCUT2D eigenvalue weighted by Crippen LogP contribution is 2.25. The summed E-state index contributed by atoms with van der Waals surface area (Å²) in [5.41, 5.74) is 2.97. The summed E-state index contributed by atoms with van der Waals surface area (Å²) in [5.74, 6) is -0.0156. The van der Waals surface area contributed by atoms with Crippen LogP contribution in [0, 0.1) is 0 Å². The van der Waals surface area contributed by atoms with Gasteiger partial charge in [-0.05, 0) is 30.9 Å². The van der Waals surface area contributed by atoms with Gasteiger partial charge in [0.1, 0.15) is 0 Å². The van der Waals surface area contributed by atoms with Crippen LogP contribution in [0.4, 0.5) is 5.69 Å². The van der Waals surface area contributed by atoms with Gasteiger partial charge in [-0.15, -0.1) is 0 Å². The maximum atomic E-state index is 12.2. The number of carbonyl (C=O) groups excluding carboxylic acids is 1. The van der Waals surface area contributed by atoms with Gasteiger partial charge in [-0.25, -0.2) is 0 Å². The van der Waals surface area contributed by atoms with E-state index in [0.29, 0.717) is 26.4 Å². The predicted octanol–water partition coefficient (Wildman–Crippen LogP) is 1.83. The number of amides is 1. The number of fused-ring (bicyclic) bond motifs is 1. The third kappa shape index (κ3) is 4.72. The van der Waals surface area contributed by atoms with Gasteiger partial charge in [-0.2, -0.15) is 0 Å². The van der Waals surface area contributed by atoms with Crippen LogP contribution in [0.3, 0.4) is 0 Å². The molecule has 1 aromatic rings.